The van der Waals surface area contributed by atoms with Crippen LogP contribution in [0.4, 0.5) is 74.6 Å². The zero-order valence-corrected chi connectivity index (χ0v) is 44.6. The molecule has 0 saturated heterocycles. The van der Waals surface area contributed by atoms with Gasteiger partial charge in [0.15, 0.2) is 87.2 Å². The van der Waals surface area contributed by atoms with Gasteiger partial charge in [-0.1, -0.05) is 145 Å². The summed E-state index contributed by atoms with van der Waals surface area (Å²) in [5.41, 5.74) is -19.7. The van der Waals surface area contributed by atoms with Crippen LogP contribution >= 0.6 is 0 Å². The van der Waals surface area contributed by atoms with Gasteiger partial charge in [0.1, 0.15) is 11.6 Å². The highest BCUT2D eigenvalue weighted by Gasteiger charge is 2.52. The SMILES string of the molecule is CC(C)[Si](Oc1c(F)c(F)c2c(F)c(-c3c(C(c4ccccc4)(c4ccccc4)c4ccccc4)ccc(-c4cc(F)cc(F)c4F)c3C3c4c(F)c(F)c(F)c(F)c4-c4c(F)c(F)c(F)c(F)c43)c(F)c(F)c2c1F)(C(C)C)C(C)C. The van der Waals surface area contributed by atoms with Crippen molar-refractivity contribution in [1.29, 1.82) is 0 Å². The van der Waals surface area contributed by atoms with Crippen LogP contribution in [0.15, 0.2) is 115 Å². The lowest BCUT2D eigenvalue weighted by Gasteiger charge is -2.42. The lowest BCUT2D eigenvalue weighted by atomic mass is 9.62. The molecular weight excluding hydrogens is 1120 g/mol. The monoisotopic (exact) mass is 1160 g/mol. The average molecular weight is 1170 g/mol. The van der Waals surface area contributed by atoms with Crippen molar-refractivity contribution in [2.24, 2.45) is 0 Å². The highest BCUT2D eigenvalue weighted by molar-refractivity contribution is 6.78. The Morgan fingerprint density at radius 1 is 0.354 bits per heavy atom. The van der Waals surface area contributed by atoms with Crippen molar-refractivity contribution < 1.29 is 79.1 Å². The standard InChI is InChI=1S/C63H41F17OSi/c1-26(2)82(27(3)4,28(5)6)81-62-56(75)46-45(55(74)61(62)80)48(67)44(53(72)54(46)73)38-35(63(29-16-10-7-11-17-29,30-18-12-8-13-19-30)31-20-14-9-15-21-31)23-22-33(34-24-32(64)25-36(65)47(34)66)37(38)39-40-42(51(70)59(78)57(76)49(40)68)43-41(39)50(69)58(77)60(79)52(43)71/h7-28,39H,1-6H3. The summed E-state index contributed by atoms with van der Waals surface area (Å²) in [6.07, 6.45) is 0. The topological polar surface area (TPSA) is 9.23 Å². The zero-order valence-electron chi connectivity index (χ0n) is 43.6. The van der Waals surface area contributed by atoms with Crippen molar-refractivity contribution in [3.8, 4) is 39.1 Å². The van der Waals surface area contributed by atoms with Crippen molar-refractivity contribution in [3.63, 3.8) is 0 Å². The predicted octanol–water partition coefficient (Wildman–Crippen LogP) is 19.6. The Labute approximate surface area is 458 Å². The van der Waals surface area contributed by atoms with Gasteiger partial charge in [-0.3, -0.25) is 0 Å². The van der Waals surface area contributed by atoms with Gasteiger partial charge < -0.3 is 4.43 Å². The number of benzene rings is 9. The largest absolute Gasteiger partial charge is 0.539 e. The zero-order chi connectivity index (χ0) is 59.5. The van der Waals surface area contributed by atoms with Crippen molar-refractivity contribution in [2.45, 2.75) is 69.5 Å². The molecule has 1 aliphatic rings. The van der Waals surface area contributed by atoms with Crippen LogP contribution < -0.4 is 4.43 Å². The Bertz CT molecular complexity index is 3910. The van der Waals surface area contributed by atoms with E-state index in [0.29, 0.717) is 6.07 Å². The van der Waals surface area contributed by atoms with E-state index in [1.807, 2.05) is 0 Å². The number of halogens is 17. The maximum Gasteiger partial charge on any atom is 0.259 e. The second kappa shape index (κ2) is 20.8. The van der Waals surface area contributed by atoms with Gasteiger partial charge in [-0.2, -0.15) is 4.39 Å². The normalized spacial score (nSPS) is 12.9. The van der Waals surface area contributed by atoms with E-state index in [4.69, 9.17) is 4.43 Å². The summed E-state index contributed by atoms with van der Waals surface area (Å²) in [5.74, 6) is -46.7. The molecular formula is C63H41F17OSi. The molecule has 0 saturated carbocycles. The van der Waals surface area contributed by atoms with Crippen molar-refractivity contribution in [2.75, 3.05) is 0 Å². The molecule has 19 heteroatoms. The highest BCUT2D eigenvalue weighted by Crippen LogP contribution is 2.61. The van der Waals surface area contributed by atoms with E-state index in [-0.39, 0.29) is 28.8 Å². The predicted molar refractivity (Wildman–Crippen MR) is 277 cm³/mol. The van der Waals surface area contributed by atoms with E-state index in [1.165, 1.54) is 91.0 Å². The van der Waals surface area contributed by atoms with Crippen LogP contribution in [0.1, 0.15) is 86.4 Å². The smallest absolute Gasteiger partial charge is 0.259 e. The van der Waals surface area contributed by atoms with Gasteiger partial charge in [-0.25, -0.2) is 70.2 Å². The molecule has 10 rings (SSSR count). The third kappa shape index (κ3) is 8.09. The summed E-state index contributed by atoms with van der Waals surface area (Å²) in [7, 11) is -3.60. The van der Waals surface area contributed by atoms with E-state index < -0.39 is 207 Å². The van der Waals surface area contributed by atoms with E-state index >= 15 is 74.6 Å². The van der Waals surface area contributed by atoms with Crippen molar-refractivity contribution >= 4 is 19.1 Å². The molecule has 0 radical (unpaired) electrons. The number of hydrogen-bond donors (Lipinski definition) is 0. The summed E-state index contributed by atoms with van der Waals surface area (Å²) in [6, 6.07) is 23.4. The van der Waals surface area contributed by atoms with Crippen LogP contribution in [0.25, 0.3) is 44.2 Å². The molecule has 0 amide bonds. The molecule has 0 heterocycles. The maximum atomic E-state index is 18.9. The fourth-order valence-corrected chi connectivity index (χ4v) is 17.9. The van der Waals surface area contributed by atoms with Crippen LogP contribution in [0.2, 0.25) is 16.6 Å². The van der Waals surface area contributed by atoms with Gasteiger partial charge in [0.05, 0.1) is 21.8 Å². The Morgan fingerprint density at radius 2 is 0.756 bits per heavy atom. The summed E-state index contributed by atoms with van der Waals surface area (Å²) >= 11 is 0. The highest BCUT2D eigenvalue weighted by atomic mass is 28.4. The molecule has 422 valence electrons. The molecule has 0 unspecified atom stereocenters. The first-order valence-electron chi connectivity index (χ1n) is 25.4. The van der Waals surface area contributed by atoms with Crippen LogP contribution in [0, 0.1) is 98.9 Å². The lowest BCUT2D eigenvalue weighted by molar-refractivity contribution is 0.397. The van der Waals surface area contributed by atoms with Gasteiger partial charge >= 0.3 is 0 Å². The molecule has 9 aromatic rings. The van der Waals surface area contributed by atoms with Crippen molar-refractivity contribution in [1.82, 2.24) is 0 Å². The second-order valence-electron chi connectivity index (χ2n) is 20.8. The van der Waals surface area contributed by atoms with Crippen LogP contribution in [0.5, 0.6) is 5.75 Å². The molecule has 0 atom stereocenters. The molecule has 0 aliphatic heterocycles. The Kier molecular flexibility index (Phi) is 14.5. The van der Waals surface area contributed by atoms with Crippen LogP contribution in [-0.2, 0) is 5.41 Å². The quantitative estimate of drug-likeness (QED) is 0.0389. The van der Waals surface area contributed by atoms with E-state index in [0.717, 1.165) is 6.07 Å². The molecule has 0 bridgehead atoms. The minimum Gasteiger partial charge on any atom is -0.539 e. The van der Waals surface area contributed by atoms with Gasteiger partial charge in [0.2, 0.25) is 5.82 Å². The number of hydrogen-bond acceptors (Lipinski definition) is 1. The summed E-state index contributed by atoms with van der Waals surface area (Å²) < 4.78 is 293. The first-order chi connectivity index (χ1) is 38.8. The fourth-order valence-electron chi connectivity index (χ4n) is 12.6. The molecule has 0 fully saturated rings. The molecule has 0 spiro atoms. The number of fused-ring (bicyclic) bond motifs is 4. The van der Waals surface area contributed by atoms with Gasteiger partial charge in [-0.05, 0) is 61.6 Å². The van der Waals surface area contributed by atoms with E-state index in [1.54, 1.807) is 41.5 Å². The Morgan fingerprint density at radius 3 is 1.20 bits per heavy atom. The van der Waals surface area contributed by atoms with Gasteiger partial charge in [0.25, 0.3) is 8.32 Å². The second-order valence-corrected chi connectivity index (χ2v) is 26.2. The van der Waals surface area contributed by atoms with Gasteiger partial charge in [-0.15, -0.1) is 0 Å². The van der Waals surface area contributed by atoms with Crippen molar-refractivity contribution in [3.05, 3.63) is 253 Å². The Balaban J connectivity index is 1.54. The van der Waals surface area contributed by atoms with Crippen LogP contribution in [-0.4, -0.2) is 8.32 Å². The first-order valence-corrected chi connectivity index (χ1v) is 27.5. The number of rotatable bonds is 12. The van der Waals surface area contributed by atoms with E-state index in [2.05, 4.69) is 0 Å². The Hall–Kier alpha value is -7.93. The third-order valence-corrected chi connectivity index (χ3v) is 21.8. The summed E-state index contributed by atoms with van der Waals surface area (Å²) in [4.78, 5) is 0. The molecule has 82 heavy (non-hydrogen) atoms. The van der Waals surface area contributed by atoms with Gasteiger partial charge in [0, 0.05) is 39.8 Å². The molecule has 1 aliphatic carbocycles. The molecule has 0 aromatic heterocycles. The molecule has 1 nitrogen and oxygen atoms in total. The summed E-state index contributed by atoms with van der Waals surface area (Å²) in [5, 5.41) is -3.95. The molecule has 9 aromatic carbocycles. The van der Waals surface area contributed by atoms with Crippen LogP contribution in [0.3, 0.4) is 0 Å². The maximum absolute atomic E-state index is 18.9. The lowest BCUT2D eigenvalue weighted by Crippen LogP contribution is -2.51. The average Bonchev–Trinajstić information content (AvgIpc) is 3.96. The first kappa shape index (κ1) is 57.3. The summed E-state index contributed by atoms with van der Waals surface area (Å²) in [6.45, 7) is 9.90. The molecule has 0 N–H and O–H groups in total. The minimum absolute atomic E-state index is 0.0164. The fraction of sp³-hybridized carbons (Fsp3) is 0.175. The third-order valence-electron chi connectivity index (χ3n) is 15.9. The van der Waals surface area contributed by atoms with E-state index in [9.17, 15) is 0 Å². The minimum atomic E-state index is -3.60.